The Morgan fingerprint density at radius 1 is 1.78 bits per heavy atom. The zero-order chi connectivity index (χ0) is 7.02. The van der Waals surface area contributed by atoms with E-state index >= 15 is 0 Å². The maximum absolute atomic E-state index is 10.4. The molecule has 1 amide bonds. The monoisotopic (exact) mass is 165 g/mol. The van der Waals surface area contributed by atoms with Crippen molar-refractivity contribution in [3.05, 3.63) is 0 Å². The summed E-state index contributed by atoms with van der Waals surface area (Å²) in [5.41, 5.74) is -1.22. The second kappa shape index (κ2) is 2.22. The number of hydrogen-bond acceptors (Lipinski definition) is 5. The zero-order valence-electron chi connectivity index (χ0n) is 4.14. The van der Waals surface area contributed by atoms with E-state index in [1.54, 1.807) is 0 Å². The number of aliphatic hydroxyl groups is 1. The van der Waals surface area contributed by atoms with Crippen molar-refractivity contribution >= 4 is 34.2 Å². The summed E-state index contributed by atoms with van der Waals surface area (Å²) in [4.78, 5) is 10.4. The minimum atomic E-state index is -1.22. The first kappa shape index (κ1) is 6.94. The van der Waals surface area contributed by atoms with Gasteiger partial charge >= 0.3 is 0 Å². The van der Waals surface area contributed by atoms with Crippen molar-refractivity contribution in [1.82, 2.24) is 5.06 Å². The molecule has 0 radical (unpaired) electrons. The molecule has 0 aromatic heterocycles. The SMILES string of the molecule is O=C1C(O)SC(=S)N1O. The second-order valence-electron chi connectivity index (χ2n) is 1.39. The standard InChI is InChI=1S/C3H3NO3S2/c5-1-2(6)9-3(8)4(1)7/h2,6-7H. The van der Waals surface area contributed by atoms with Gasteiger partial charge in [-0.1, -0.05) is 11.8 Å². The highest BCUT2D eigenvalue weighted by atomic mass is 32.2. The number of thiocarbonyl (C=S) groups is 1. The second-order valence-corrected chi connectivity index (χ2v) is 3.10. The van der Waals surface area contributed by atoms with E-state index in [-0.39, 0.29) is 9.38 Å². The van der Waals surface area contributed by atoms with Crippen molar-refractivity contribution in [2.75, 3.05) is 0 Å². The van der Waals surface area contributed by atoms with Crippen molar-refractivity contribution in [1.29, 1.82) is 0 Å². The highest BCUT2D eigenvalue weighted by Gasteiger charge is 2.34. The normalized spacial score (nSPS) is 27.8. The summed E-state index contributed by atoms with van der Waals surface area (Å²) in [6, 6.07) is 0. The minimum absolute atomic E-state index is 0.00694. The molecule has 1 aliphatic heterocycles. The Balaban J connectivity index is 2.77. The van der Waals surface area contributed by atoms with Crippen LogP contribution in [-0.4, -0.2) is 31.0 Å². The van der Waals surface area contributed by atoms with Crippen molar-refractivity contribution in [3.63, 3.8) is 0 Å². The fourth-order valence-corrected chi connectivity index (χ4v) is 1.34. The highest BCUT2D eigenvalue weighted by molar-refractivity contribution is 8.24. The number of carbonyl (C=O) groups is 1. The van der Waals surface area contributed by atoms with Gasteiger partial charge in [0.2, 0.25) is 0 Å². The molecular weight excluding hydrogens is 162 g/mol. The number of amides is 1. The smallest absolute Gasteiger partial charge is 0.291 e. The number of aliphatic hydroxyl groups excluding tert-OH is 1. The molecule has 1 rings (SSSR count). The van der Waals surface area contributed by atoms with Crippen molar-refractivity contribution in [2.45, 2.75) is 5.44 Å². The van der Waals surface area contributed by atoms with E-state index in [4.69, 9.17) is 10.3 Å². The lowest BCUT2D eigenvalue weighted by Crippen LogP contribution is -2.27. The van der Waals surface area contributed by atoms with E-state index in [9.17, 15) is 4.79 Å². The van der Waals surface area contributed by atoms with Gasteiger partial charge in [-0.3, -0.25) is 10.0 Å². The molecule has 1 aliphatic rings. The van der Waals surface area contributed by atoms with Gasteiger partial charge in [-0.05, 0) is 12.2 Å². The highest BCUT2D eigenvalue weighted by Crippen LogP contribution is 2.22. The van der Waals surface area contributed by atoms with Gasteiger partial charge in [0.15, 0.2) is 9.76 Å². The molecule has 0 aliphatic carbocycles. The van der Waals surface area contributed by atoms with E-state index in [0.29, 0.717) is 0 Å². The number of hydroxylamine groups is 2. The van der Waals surface area contributed by atoms with E-state index in [1.807, 2.05) is 0 Å². The Kier molecular flexibility index (Phi) is 1.71. The first-order valence-corrected chi connectivity index (χ1v) is 3.33. The molecule has 0 spiro atoms. The molecule has 6 heteroatoms. The predicted octanol–water partition coefficient (Wildman–Crippen LogP) is -0.446. The number of thioether (sulfide) groups is 1. The largest absolute Gasteiger partial charge is 0.373 e. The van der Waals surface area contributed by atoms with Crippen LogP contribution >= 0.6 is 24.0 Å². The number of hydrogen-bond donors (Lipinski definition) is 2. The molecule has 0 saturated carbocycles. The van der Waals surface area contributed by atoms with Crippen LogP contribution in [-0.2, 0) is 4.79 Å². The Morgan fingerprint density at radius 3 is 2.44 bits per heavy atom. The molecule has 0 bridgehead atoms. The van der Waals surface area contributed by atoms with Gasteiger partial charge in [0, 0.05) is 0 Å². The molecule has 9 heavy (non-hydrogen) atoms. The first-order valence-electron chi connectivity index (χ1n) is 2.04. The van der Waals surface area contributed by atoms with Crippen LogP contribution in [0.25, 0.3) is 0 Å². The lowest BCUT2D eigenvalue weighted by atomic mass is 10.6. The molecule has 1 atom stereocenters. The topological polar surface area (TPSA) is 60.8 Å². The molecular formula is C3H3NO3S2. The van der Waals surface area contributed by atoms with Crippen LogP contribution in [0.15, 0.2) is 0 Å². The number of nitrogens with zero attached hydrogens (tertiary/aromatic N) is 1. The number of carbonyl (C=O) groups excluding carboxylic acids is 1. The van der Waals surface area contributed by atoms with Crippen LogP contribution in [0.5, 0.6) is 0 Å². The molecule has 0 aromatic rings. The third kappa shape index (κ3) is 1.06. The summed E-state index contributed by atoms with van der Waals surface area (Å²) in [6.45, 7) is 0. The van der Waals surface area contributed by atoms with Gasteiger partial charge < -0.3 is 5.11 Å². The molecule has 2 N–H and O–H groups in total. The number of rotatable bonds is 0. The van der Waals surface area contributed by atoms with Gasteiger partial charge in [-0.25, -0.2) is 0 Å². The van der Waals surface area contributed by atoms with Crippen LogP contribution < -0.4 is 0 Å². The van der Waals surface area contributed by atoms with Gasteiger partial charge in [0.05, 0.1) is 0 Å². The lowest BCUT2D eigenvalue weighted by molar-refractivity contribution is -0.151. The third-order valence-corrected chi connectivity index (χ3v) is 2.07. The molecule has 4 nitrogen and oxygen atoms in total. The molecule has 0 aromatic carbocycles. The van der Waals surface area contributed by atoms with E-state index in [1.165, 1.54) is 0 Å². The molecule has 1 unspecified atom stereocenters. The fraction of sp³-hybridized carbons (Fsp3) is 0.333. The maximum Gasteiger partial charge on any atom is 0.291 e. The summed E-state index contributed by atoms with van der Waals surface area (Å²) in [6.07, 6.45) is 0. The Hall–Kier alpha value is -0.170. The molecule has 1 fully saturated rings. The Bertz CT molecular complexity index is 170. The van der Waals surface area contributed by atoms with Gasteiger partial charge in [0.1, 0.15) is 0 Å². The average Bonchev–Trinajstić information content (AvgIpc) is 1.98. The maximum atomic E-state index is 10.4. The van der Waals surface area contributed by atoms with Gasteiger partial charge in [0.25, 0.3) is 5.91 Å². The Morgan fingerprint density at radius 2 is 2.33 bits per heavy atom. The van der Waals surface area contributed by atoms with Crippen molar-refractivity contribution < 1.29 is 15.1 Å². The summed E-state index contributed by atoms with van der Waals surface area (Å²) in [7, 11) is 0. The molecule has 1 saturated heterocycles. The summed E-state index contributed by atoms with van der Waals surface area (Å²) >= 11 is 5.20. The van der Waals surface area contributed by atoms with Crippen molar-refractivity contribution in [2.24, 2.45) is 0 Å². The zero-order valence-corrected chi connectivity index (χ0v) is 5.78. The quantitative estimate of drug-likeness (QED) is 0.376. The van der Waals surface area contributed by atoms with Gasteiger partial charge in [-0.15, -0.1) is 0 Å². The van der Waals surface area contributed by atoms with Crippen LogP contribution in [0, 0.1) is 0 Å². The van der Waals surface area contributed by atoms with E-state index in [2.05, 4.69) is 12.2 Å². The summed E-state index contributed by atoms with van der Waals surface area (Å²) in [5.74, 6) is -0.773. The van der Waals surface area contributed by atoms with Gasteiger partial charge in [-0.2, -0.15) is 5.06 Å². The van der Waals surface area contributed by atoms with Crippen LogP contribution in [0.3, 0.4) is 0 Å². The van der Waals surface area contributed by atoms with Crippen LogP contribution in [0.2, 0.25) is 0 Å². The summed E-state index contributed by atoms with van der Waals surface area (Å²) in [5, 5.41) is 17.5. The van der Waals surface area contributed by atoms with Crippen molar-refractivity contribution in [3.8, 4) is 0 Å². The van der Waals surface area contributed by atoms with E-state index in [0.717, 1.165) is 11.8 Å². The molecule has 1 heterocycles. The first-order chi connectivity index (χ1) is 4.13. The van der Waals surface area contributed by atoms with Crippen LogP contribution in [0.4, 0.5) is 0 Å². The Labute approximate surface area is 60.4 Å². The lowest BCUT2D eigenvalue weighted by Gasteiger charge is -2.00. The average molecular weight is 165 g/mol. The fourth-order valence-electron chi connectivity index (χ4n) is 0.390. The van der Waals surface area contributed by atoms with Crippen LogP contribution in [0.1, 0.15) is 0 Å². The minimum Gasteiger partial charge on any atom is -0.373 e. The summed E-state index contributed by atoms with van der Waals surface area (Å²) < 4.78 is -0.00694. The molecule has 50 valence electrons. The predicted molar refractivity (Wildman–Crippen MR) is 34.8 cm³/mol. The van der Waals surface area contributed by atoms with E-state index < -0.39 is 11.3 Å². The third-order valence-electron chi connectivity index (χ3n) is 0.805.